The highest BCUT2D eigenvalue weighted by Gasteiger charge is 2.38. The number of unbranched alkanes of at least 4 members (excludes halogenated alkanes) is 12. The summed E-state index contributed by atoms with van der Waals surface area (Å²) in [5.41, 5.74) is 2.56. The van der Waals surface area contributed by atoms with Crippen molar-refractivity contribution < 1.29 is 4.79 Å². The monoisotopic (exact) mass is 546 g/mol. The van der Waals surface area contributed by atoms with Crippen molar-refractivity contribution in [2.24, 2.45) is 5.10 Å². The Morgan fingerprint density at radius 1 is 0.718 bits per heavy atom. The number of anilines is 1. The number of benzene rings is 2. The lowest BCUT2D eigenvalue weighted by Crippen LogP contribution is -2.30. The lowest BCUT2D eigenvalue weighted by atomic mass is 10.0. The van der Waals surface area contributed by atoms with Gasteiger partial charge in [-0.3, -0.25) is 4.79 Å². The van der Waals surface area contributed by atoms with Gasteiger partial charge in [-0.2, -0.15) is 14.8 Å². The van der Waals surface area contributed by atoms with Gasteiger partial charge >= 0.3 is 0 Å². The van der Waals surface area contributed by atoms with Crippen molar-refractivity contribution in [3.63, 3.8) is 0 Å². The lowest BCUT2D eigenvalue weighted by molar-refractivity contribution is -0.116. The van der Waals surface area contributed by atoms with Gasteiger partial charge in [-0.25, -0.2) is 0 Å². The summed E-state index contributed by atoms with van der Waals surface area (Å²) in [5, 5.41) is 18.8. The van der Waals surface area contributed by atoms with Crippen LogP contribution in [0.5, 0.6) is 0 Å². The van der Waals surface area contributed by atoms with E-state index in [9.17, 15) is 4.79 Å². The van der Waals surface area contributed by atoms with Crippen molar-refractivity contribution in [3.8, 4) is 5.69 Å². The Morgan fingerprint density at radius 3 is 1.85 bits per heavy atom. The Morgan fingerprint density at radius 2 is 1.26 bits per heavy atom. The van der Waals surface area contributed by atoms with E-state index in [0.29, 0.717) is 5.16 Å². The molecule has 1 unspecified atom stereocenters. The number of carbonyl (C=O) groups is 1. The molecule has 0 aliphatic carbocycles. The first-order valence-corrected chi connectivity index (χ1v) is 15.6. The van der Waals surface area contributed by atoms with Gasteiger partial charge in [-0.15, -0.1) is 5.10 Å². The predicted molar refractivity (Wildman–Crippen MR) is 160 cm³/mol. The standard InChI is InChI=1S/C31H42N6OS/c1-2-3-4-5-6-7-8-9-10-11-12-13-20-25-28-29(30(38)36(33-28)26-21-16-14-17-22-26)39-31-32-34-35-37(31)27-23-18-15-19-24-27/h14-19,21-24,29H,2-13,20,25H2,1H3. The molecule has 3 aromatic rings. The Hall–Kier alpha value is -3.00. The van der Waals surface area contributed by atoms with Crippen LogP contribution in [0.2, 0.25) is 0 Å². The number of nitrogens with zero attached hydrogens (tertiary/aromatic N) is 6. The number of tetrazole rings is 1. The summed E-state index contributed by atoms with van der Waals surface area (Å²) in [4.78, 5) is 13.5. The van der Waals surface area contributed by atoms with E-state index < -0.39 is 5.25 Å². The number of thioether (sulfide) groups is 1. The van der Waals surface area contributed by atoms with E-state index in [-0.39, 0.29) is 5.91 Å². The summed E-state index contributed by atoms with van der Waals surface area (Å²) in [7, 11) is 0. The molecule has 1 atom stereocenters. The second kappa shape index (κ2) is 16.2. The quantitative estimate of drug-likeness (QED) is 0.151. The van der Waals surface area contributed by atoms with Crippen molar-refractivity contribution in [3.05, 3.63) is 60.7 Å². The van der Waals surface area contributed by atoms with E-state index in [1.54, 1.807) is 9.69 Å². The largest absolute Gasteiger partial charge is 0.271 e. The first-order valence-electron chi connectivity index (χ1n) is 14.7. The topological polar surface area (TPSA) is 76.3 Å². The van der Waals surface area contributed by atoms with Crippen molar-refractivity contribution in [1.29, 1.82) is 0 Å². The van der Waals surface area contributed by atoms with Gasteiger partial charge in [0.25, 0.3) is 5.91 Å². The van der Waals surface area contributed by atoms with E-state index in [2.05, 4.69) is 22.4 Å². The molecule has 0 N–H and O–H groups in total. The fourth-order valence-electron chi connectivity index (χ4n) is 4.95. The van der Waals surface area contributed by atoms with E-state index in [0.717, 1.165) is 36.3 Å². The van der Waals surface area contributed by atoms with E-state index in [4.69, 9.17) is 5.10 Å². The molecule has 1 aliphatic heterocycles. The number of rotatable bonds is 18. The number of hydrogen-bond donors (Lipinski definition) is 0. The van der Waals surface area contributed by atoms with Crippen LogP contribution < -0.4 is 5.01 Å². The number of amides is 1. The van der Waals surface area contributed by atoms with Crippen LogP contribution in [0.15, 0.2) is 70.9 Å². The summed E-state index contributed by atoms with van der Waals surface area (Å²) in [6.45, 7) is 2.27. The fraction of sp³-hybridized carbons (Fsp3) is 0.516. The molecular formula is C31H42N6OS. The van der Waals surface area contributed by atoms with Gasteiger partial charge in [-0.1, -0.05) is 132 Å². The highest BCUT2D eigenvalue weighted by atomic mass is 32.2. The predicted octanol–water partition coefficient (Wildman–Crippen LogP) is 8.01. The first kappa shape index (κ1) is 29.0. The van der Waals surface area contributed by atoms with Crippen LogP contribution in [0.3, 0.4) is 0 Å². The second-order valence-electron chi connectivity index (χ2n) is 10.3. The Bertz CT molecular complexity index is 1150. The SMILES string of the molecule is CCCCCCCCCCCCCCCC1=NN(c2ccccc2)C(=O)C1Sc1nnnn1-c1ccccc1. The van der Waals surface area contributed by atoms with Gasteiger partial charge in [0.05, 0.1) is 17.1 Å². The minimum atomic E-state index is -0.434. The zero-order chi connectivity index (χ0) is 27.1. The molecule has 0 fully saturated rings. The molecule has 0 saturated heterocycles. The van der Waals surface area contributed by atoms with Crippen LogP contribution in [0.4, 0.5) is 5.69 Å². The number of carbonyl (C=O) groups excluding carboxylic acids is 1. The van der Waals surface area contributed by atoms with Crippen LogP contribution in [-0.2, 0) is 4.79 Å². The average molecular weight is 547 g/mol. The zero-order valence-corrected chi connectivity index (χ0v) is 24.1. The summed E-state index contributed by atoms with van der Waals surface area (Å²) in [6, 6.07) is 19.4. The molecule has 7 nitrogen and oxygen atoms in total. The van der Waals surface area contributed by atoms with E-state index in [1.807, 2.05) is 60.7 Å². The van der Waals surface area contributed by atoms with Gasteiger partial charge in [0.2, 0.25) is 5.16 Å². The highest BCUT2D eigenvalue weighted by molar-refractivity contribution is 8.01. The van der Waals surface area contributed by atoms with Crippen LogP contribution in [0.1, 0.15) is 96.8 Å². The molecular weight excluding hydrogens is 504 g/mol. The molecule has 8 heteroatoms. The Kier molecular flexibility index (Phi) is 12.0. The molecule has 4 rings (SSSR count). The van der Waals surface area contributed by atoms with Crippen LogP contribution in [0, 0.1) is 0 Å². The smallest absolute Gasteiger partial charge is 0.266 e. The average Bonchev–Trinajstić information content (AvgIpc) is 3.57. The number of aromatic nitrogens is 4. The summed E-state index contributed by atoms with van der Waals surface area (Å²) in [5.74, 6) is -0.0431. The highest BCUT2D eigenvalue weighted by Crippen LogP contribution is 2.33. The summed E-state index contributed by atoms with van der Waals surface area (Å²) < 4.78 is 1.69. The Labute approximate surface area is 237 Å². The van der Waals surface area contributed by atoms with E-state index in [1.165, 1.54) is 82.4 Å². The first-order chi connectivity index (χ1) is 19.3. The maximum Gasteiger partial charge on any atom is 0.266 e. The van der Waals surface area contributed by atoms with Gasteiger partial charge in [0.15, 0.2) is 0 Å². The minimum Gasteiger partial charge on any atom is -0.271 e. The molecule has 0 saturated carbocycles. The molecule has 0 radical (unpaired) electrons. The fourth-order valence-corrected chi connectivity index (χ4v) is 5.99. The van der Waals surface area contributed by atoms with E-state index >= 15 is 0 Å². The molecule has 0 spiro atoms. The van der Waals surface area contributed by atoms with Crippen molar-refractivity contribution in [1.82, 2.24) is 20.2 Å². The third kappa shape index (κ3) is 8.75. The van der Waals surface area contributed by atoms with Crippen molar-refractivity contribution in [2.75, 3.05) is 5.01 Å². The summed E-state index contributed by atoms with van der Waals surface area (Å²) in [6.07, 6.45) is 17.9. The maximum atomic E-state index is 13.5. The molecule has 39 heavy (non-hydrogen) atoms. The molecule has 2 aromatic carbocycles. The van der Waals surface area contributed by atoms with Crippen LogP contribution >= 0.6 is 11.8 Å². The lowest BCUT2D eigenvalue weighted by Gasteiger charge is -2.14. The molecule has 1 amide bonds. The van der Waals surface area contributed by atoms with Gasteiger partial charge in [0, 0.05) is 0 Å². The third-order valence-electron chi connectivity index (χ3n) is 7.17. The zero-order valence-electron chi connectivity index (χ0n) is 23.3. The van der Waals surface area contributed by atoms with Crippen LogP contribution in [-0.4, -0.2) is 37.1 Å². The summed E-state index contributed by atoms with van der Waals surface area (Å²) >= 11 is 1.38. The van der Waals surface area contributed by atoms with Gasteiger partial charge in [0.1, 0.15) is 5.25 Å². The van der Waals surface area contributed by atoms with Crippen LogP contribution in [0.25, 0.3) is 5.69 Å². The second-order valence-corrected chi connectivity index (χ2v) is 11.3. The molecule has 0 bridgehead atoms. The molecule has 1 aromatic heterocycles. The number of hydrogen-bond acceptors (Lipinski definition) is 6. The van der Waals surface area contributed by atoms with Gasteiger partial charge < -0.3 is 0 Å². The molecule has 1 aliphatic rings. The van der Waals surface area contributed by atoms with Crippen molar-refractivity contribution in [2.45, 2.75) is 107 Å². The number of hydrazone groups is 1. The molecule has 208 valence electrons. The minimum absolute atomic E-state index is 0.0431. The molecule has 2 heterocycles. The number of para-hydroxylation sites is 2. The van der Waals surface area contributed by atoms with Gasteiger partial charge in [-0.05, 0) is 47.5 Å². The Balaban J connectivity index is 1.27. The van der Waals surface area contributed by atoms with Crippen molar-refractivity contribution >= 4 is 29.1 Å². The third-order valence-corrected chi connectivity index (χ3v) is 8.34. The normalized spacial score (nSPS) is 15.2. The maximum absolute atomic E-state index is 13.5.